The van der Waals surface area contributed by atoms with Crippen LogP contribution in [0.2, 0.25) is 0 Å². The van der Waals surface area contributed by atoms with E-state index in [9.17, 15) is 18.0 Å². The summed E-state index contributed by atoms with van der Waals surface area (Å²) in [6.45, 7) is 0.300. The lowest BCUT2D eigenvalue weighted by Gasteiger charge is -2.18. The van der Waals surface area contributed by atoms with E-state index in [0.717, 1.165) is 16.4 Å². The number of carbonyl (C=O) groups excluding carboxylic acids is 2. The fourth-order valence-electron chi connectivity index (χ4n) is 2.82. The van der Waals surface area contributed by atoms with E-state index in [-0.39, 0.29) is 23.1 Å². The third-order valence-corrected chi connectivity index (χ3v) is 5.99. The molecule has 0 radical (unpaired) electrons. The number of para-hydroxylation sites is 1. The van der Waals surface area contributed by atoms with Crippen molar-refractivity contribution in [3.05, 3.63) is 53.0 Å². The van der Waals surface area contributed by atoms with Crippen molar-refractivity contribution in [3.8, 4) is 0 Å². The molecule has 2 aromatic rings. The van der Waals surface area contributed by atoms with E-state index >= 15 is 0 Å². The molecule has 0 bridgehead atoms. The Hall–Kier alpha value is -2.19. The SMILES string of the molecule is CS(=O)(=O)c1ccc(NC(=O)C2CC(=O)N(c3ccccc3Br)C2)cc1. The highest BCUT2D eigenvalue weighted by atomic mass is 79.9. The van der Waals surface area contributed by atoms with Gasteiger partial charge in [0.1, 0.15) is 0 Å². The molecular weight excluding hydrogens is 420 g/mol. The van der Waals surface area contributed by atoms with Gasteiger partial charge in [-0.05, 0) is 52.3 Å². The van der Waals surface area contributed by atoms with Crippen LogP contribution in [0.15, 0.2) is 57.9 Å². The highest BCUT2D eigenvalue weighted by Gasteiger charge is 2.35. The van der Waals surface area contributed by atoms with Crippen LogP contribution < -0.4 is 10.2 Å². The molecule has 6 nitrogen and oxygen atoms in total. The molecule has 1 aliphatic heterocycles. The van der Waals surface area contributed by atoms with Crippen molar-refractivity contribution in [2.45, 2.75) is 11.3 Å². The molecule has 26 heavy (non-hydrogen) atoms. The minimum absolute atomic E-state index is 0.107. The lowest BCUT2D eigenvalue weighted by atomic mass is 10.1. The number of nitrogens with one attached hydrogen (secondary N) is 1. The predicted molar refractivity (Wildman–Crippen MR) is 103 cm³/mol. The van der Waals surface area contributed by atoms with Gasteiger partial charge in [0.2, 0.25) is 11.8 Å². The van der Waals surface area contributed by atoms with Gasteiger partial charge in [-0.1, -0.05) is 12.1 Å². The summed E-state index contributed by atoms with van der Waals surface area (Å²) in [4.78, 5) is 26.6. The second-order valence-electron chi connectivity index (χ2n) is 6.14. The first-order chi connectivity index (χ1) is 12.3. The number of hydrogen-bond donors (Lipinski definition) is 1. The number of nitrogens with zero attached hydrogens (tertiary/aromatic N) is 1. The van der Waals surface area contributed by atoms with Crippen molar-refractivity contribution < 1.29 is 18.0 Å². The maximum Gasteiger partial charge on any atom is 0.229 e. The van der Waals surface area contributed by atoms with Crippen LogP contribution in [0.1, 0.15) is 6.42 Å². The molecule has 1 aliphatic rings. The van der Waals surface area contributed by atoms with Gasteiger partial charge < -0.3 is 10.2 Å². The van der Waals surface area contributed by atoms with Gasteiger partial charge in [0.15, 0.2) is 9.84 Å². The van der Waals surface area contributed by atoms with Crippen LogP contribution >= 0.6 is 15.9 Å². The summed E-state index contributed by atoms with van der Waals surface area (Å²) < 4.78 is 23.7. The zero-order valence-electron chi connectivity index (χ0n) is 14.0. The maximum absolute atomic E-state index is 12.5. The summed E-state index contributed by atoms with van der Waals surface area (Å²) in [6, 6.07) is 13.3. The second kappa shape index (κ2) is 7.20. The number of rotatable bonds is 4. The normalized spacial score (nSPS) is 17.4. The number of hydrogen-bond acceptors (Lipinski definition) is 4. The molecule has 3 rings (SSSR count). The van der Waals surface area contributed by atoms with Crippen LogP contribution in [0.4, 0.5) is 11.4 Å². The Morgan fingerprint density at radius 1 is 1.15 bits per heavy atom. The Kier molecular flexibility index (Phi) is 5.15. The molecule has 2 aromatic carbocycles. The summed E-state index contributed by atoms with van der Waals surface area (Å²) in [5.74, 6) is -0.839. The van der Waals surface area contributed by atoms with Crippen LogP contribution in [0, 0.1) is 5.92 Å². The molecular formula is C18H17BrN2O4S. The zero-order chi connectivity index (χ0) is 18.9. The predicted octanol–water partition coefficient (Wildman–Crippen LogP) is 2.84. The van der Waals surface area contributed by atoms with Gasteiger partial charge in [0.05, 0.1) is 16.5 Å². The monoisotopic (exact) mass is 436 g/mol. The molecule has 1 saturated heterocycles. The Morgan fingerprint density at radius 3 is 2.42 bits per heavy atom. The Balaban J connectivity index is 1.70. The summed E-state index contributed by atoms with van der Waals surface area (Å²) >= 11 is 3.42. The van der Waals surface area contributed by atoms with Crippen molar-refractivity contribution in [2.24, 2.45) is 5.92 Å². The van der Waals surface area contributed by atoms with Crippen LogP contribution in [0.3, 0.4) is 0 Å². The highest BCUT2D eigenvalue weighted by Crippen LogP contribution is 2.31. The molecule has 0 aliphatic carbocycles. The van der Waals surface area contributed by atoms with E-state index in [1.807, 2.05) is 24.3 Å². The first kappa shape index (κ1) is 18.6. The largest absolute Gasteiger partial charge is 0.326 e. The van der Waals surface area contributed by atoms with Crippen molar-refractivity contribution in [1.29, 1.82) is 0 Å². The molecule has 1 N–H and O–H groups in total. The van der Waals surface area contributed by atoms with Crippen LogP contribution in [0.5, 0.6) is 0 Å². The van der Waals surface area contributed by atoms with Gasteiger partial charge >= 0.3 is 0 Å². The fraction of sp³-hybridized carbons (Fsp3) is 0.222. The third kappa shape index (κ3) is 3.96. The van der Waals surface area contributed by atoms with E-state index < -0.39 is 15.8 Å². The van der Waals surface area contributed by atoms with E-state index in [2.05, 4.69) is 21.2 Å². The topological polar surface area (TPSA) is 83.5 Å². The minimum atomic E-state index is -3.28. The van der Waals surface area contributed by atoms with Crippen LogP contribution in [-0.2, 0) is 19.4 Å². The number of anilines is 2. The lowest BCUT2D eigenvalue weighted by Crippen LogP contribution is -2.28. The van der Waals surface area contributed by atoms with Gasteiger partial charge in [0, 0.05) is 29.4 Å². The average Bonchev–Trinajstić information content (AvgIpc) is 2.97. The molecule has 0 aromatic heterocycles. The van der Waals surface area contributed by atoms with Gasteiger partial charge in [-0.3, -0.25) is 9.59 Å². The number of benzene rings is 2. The van der Waals surface area contributed by atoms with Gasteiger partial charge in [-0.25, -0.2) is 8.42 Å². The molecule has 1 fully saturated rings. The number of sulfone groups is 1. The molecule has 136 valence electrons. The summed E-state index contributed by atoms with van der Waals surface area (Å²) in [5.41, 5.74) is 1.24. The average molecular weight is 437 g/mol. The standard InChI is InChI=1S/C18H17BrN2O4S/c1-26(24,25)14-8-6-13(7-9-14)20-18(23)12-10-17(22)21(11-12)16-5-3-2-4-15(16)19/h2-9,12H,10-11H2,1H3,(H,20,23). The molecule has 0 saturated carbocycles. The second-order valence-corrected chi connectivity index (χ2v) is 9.01. The first-order valence-electron chi connectivity index (χ1n) is 7.91. The number of halogens is 1. The minimum Gasteiger partial charge on any atom is -0.326 e. The van der Waals surface area contributed by atoms with E-state index in [4.69, 9.17) is 0 Å². The maximum atomic E-state index is 12.5. The molecule has 1 heterocycles. The number of carbonyl (C=O) groups is 2. The third-order valence-electron chi connectivity index (χ3n) is 4.19. The van der Waals surface area contributed by atoms with Gasteiger partial charge in [0.25, 0.3) is 0 Å². The summed E-state index contributed by atoms with van der Waals surface area (Å²) in [5, 5.41) is 2.75. The van der Waals surface area contributed by atoms with E-state index in [1.165, 1.54) is 24.3 Å². The van der Waals surface area contributed by atoms with Crippen molar-refractivity contribution >= 4 is 49.0 Å². The first-order valence-corrected chi connectivity index (χ1v) is 10.6. The summed E-state index contributed by atoms with van der Waals surface area (Å²) in [6.07, 6.45) is 1.26. The number of amides is 2. The van der Waals surface area contributed by atoms with Gasteiger partial charge in [-0.15, -0.1) is 0 Å². The lowest BCUT2D eigenvalue weighted by molar-refractivity contribution is -0.122. The molecule has 2 amide bonds. The fourth-order valence-corrected chi connectivity index (χ4v) is 3.95. The van der Waals surface area contributed by atoms with Crippen LogP contribution in [-0.4, -0.2) is 33.0 Å². The summed E-state index contributed by atoms with van der Waals surface area (Å²) in [7, 11) is -3.28. The van der Waals surface area contributed by atoms with E-state index in [0.29, 0.717) is 12.2 Å². The Morgan fingerprint density at radius 2 is 1.81 bits per heavy atom. The Bertz CT molecular complexity index is 957. The van der Waals surface area contributed by atoms with E-state index in [1.54, 1.807) is 4.90 Å². The molecule has 1 unspecified atom stereocenters. The smallest absolute Gasteiger partial charge is 0.229 e. The molecule has 1 atom stereocenters. The van der Waals surface area contributed by atoms with Crippen molar-refractivity contribution in [1.82, 2.24) is 0 Å². The zero-order valence-corrected chi connectivity index (χ0v) is 16.4. The van der Waals surface area contributed by atoms with Crippen LogP contribution in [0.25, 0.3) is 0 Å². The molecule has 8 heteroatoms. The highest BCUT2D eigenvalue weighted by molar-refractivity contribution is 9.10. The van der Waals surface area contributed by atoms with Gasteiger partial charge in [-0.2, -0.15) is 0 Å². The van der Waals surface area contributed by atoms with Crippen molar-refractivity contribution in [3.63, 3.8) is 0 Å². The quantitative estimate of drug-likeness (QED) is 0.798. The Labute approximate surface area is 160 Å². The van der Waals surface area contributed by atoms with Crippen molar-refractivity contribution in [2.75, 3.05) is 23.0 Å². The molecule has 0 spiro atoms.